The van der Waals surface area contributed by atoms with Crippen molar-refractivity contribution in [2.45, 2.75) is 13.8 Å². The molecule has 0 unspecified atom stereocenters. The normalized spacial score (nSPS) is 11.3. The molecule has 2 N–H and O–H groups in total. The highest BCUT2D eigenvalue weighted by molar-refractivity contribution is 5.81. The Bertz CT molecular complexity index is 863. The molecule has 116 valence electrons. The zero-order valence-corrected chi connectivity index (χ0v) is 13.0. The van der Waals surface area contributed by atoms with Crippen LogP contribution in [0.1, 0.15) is 16.8 Å². The van der Waals surface area contributed by atoms with Crippen molar-refractivity contribution >= 4 is 12.2 Å². The maximum Gasteiger partial charge on any atom is 0.221 e. The standard InChI is InChI=1S/C18H17FN4/c1-12-3-6-16(9-17(12)19)15-7-4-14(5-8-15)10-21-23-11-13(2)22-18(23)20/h3-11H,1-2H3,(H2,20,22). The average molecular weight is 308 g/mol. The second-order valence-corrected chi connectivity index (χ2v) is 5.42. The topological polar surface area (TPSA) is 56.2 Å². The molecule has 0 fully saturated rings. The first-order chi connectivity index (χ1) is 11.0. The van der Waals surface area contributed by atoms with Crippen molar-refractivity contribution in [2.75, 3.05) is 5.73 Å². The quantitative estimate of drug-likeness (QED) is 0.749. The van der Waals surface area contributed by atoms with E-state index >= 15 is 0 Å². The molecule has 1 aromatic heterocycles. The molecular weight excluding hydrogens is 291 g/mol. The summed E-state index contributed by atoms with van der Waals surface area (Å²) >= 11 is 0. The van der Waals surface area contributed by atoms with Crippen molar-refractivity contribution in [2.24, 2.45) is 5.10 Å². The van der Waals surface area contributed by atoms with Gasteiger partial charge in [0.05, 0.1) is 18.1 Å². The Balaban J connectivity index is 1.81. The van der Waals surface area contributed by atoms with Crippen LogP contribution in [0, 0.1) is 19.7 Å². The van der Waals surface area contributed by atoms with Crippen molar-refractivity contribution in [1.82, 2.24) is 9.66 Å². The van der Waals surface area contributed by atoms with Crippen LogP contribution < -0.4 is 5.73 Å². The van der Waals surface area contributed by atoms with E-state index in [0.29, 0.717) is 11.5 Å². The smallest absolute Gasteiger partial charge is 0.221 e. The van der Waals surface area contributed by atoms with Crippen LogP contribution in [0.15, 0.2) is 53.8 Å². The van der Waals surface area contributed by atoms with Crippen molar-refractivity contribution in [1.29, 1.82) is 0 Å². The van der Waals surface area contributed by atoms with Gasteiger partial charge in [-0.25, -0.2) is 14.1 Å². The molecule has 5 heteroatoms. The number of benzene rings is 2. The molecule has 3 rings (SSSR count). The Kier molecular flexibility index (Phi) is 3.93. The van der Waals surface area contributed by atoms with Gasteiger partial charge in [0, 0.05) is 0 Å². The highest BCUT2D eigenvalue weighted by Crippen LogP contribution is 2.22. The van der Waals surface area contributed by atoms with Crippen LogP contribution in [0.2, 0.25) is 0 Å². The fraction of sp³-hybridized carbons (Fsp3) is 0.111. The van der Waals surface area contributed by atoms with Crippen LogP contribution in [-0.2, 0) is 0 Å². The van der Waals surface area contributed by atoms with E-state index in [9.17, 15) is 4.39 Å². The molecule has 0 amide bonds. The summed E-state index contributed by atoms with van der Waals surface area (Å²) in [5, 5.41) is 4.27. The van der Waals surface area contributed by atoms with Crippen molar-refractivity contribution in [3.8, 4) is 11.1 Å². The van der Waals surface area contributed by atoms with Gasteiger partial charge in [0.1, 0.15) is 5.82 Å². The van der Waals surface area contributed by atoms with Crippen LogP contribution in [0.4, 0.5) is 10.3 Å². The van der Waals surface area contributed by atoms with Crippen molar-refractivity contribution in [3.63, 3.8) is 0 Å². The fourth-order valence-electron chi connectivity index (χ4n) is 2.26. The Morgan fingerprint density at radius 1 is 1.09 bits per heavy atom. The van der Waals surface area contributed by atoms with Gasteiger partial charge in [-0.3, -0.25) is 0 Å². The third-order valence-electron chi connectivity index (χ3n) is 3.58. The second kappa shape index (κ2) is 6.04. The highest BCUT2D eigenvalue weighted by Gasteiger charge is 2.02. The minimum atomic E-state index is -0.195. The molecule has 0 spiro atoms. The molecule has 0 aliphatic carbocycles. The maximum atomic E-state index is 13.7. The number of rotatable bonds is 3. The predicted octanol–water partition coefficient (Wildman–Crippen LogP) is 3.77. The zero-order chi connectivity index (χ0) is 16.4. The lowest BCUT2D eigenvalue weighted by Crippen LogP contribution is -1.96. The molecule has 0 aliphatic heterocycles. The van der Waals surface area contributed by atoms with Crippen LogP contribution in [-0.4, -0.2) is 15.9 Å². The van der Waals surface area contributed by atoms with Crippen molar-refractivity contribution < 1.29 is 4.39 Å². The van der Waals surface area contributed by atoms with Gasteiger partial charge >= 0.3 is 0 Å². The Labute approximate surface area is 134 Å². The molecule has 0 saturated heterocycles. The van der Waals surface area contributed by atoms with Gasteiger partial charge in [0.15, 0.2) is 0 Å². The lowest BCUT2D eigenvalue weighted by atomic mass is 10.0. The fourth-order valence-corrected chi connectivity index (χ4v) is 2.26. The number of imidazole rings is 1. The van der Waals surface area contributed by atoms with Crippen LogP contribution in [0.25, 0.3) is 11.1 Å². The number of aryl methyl sites for hydroxylation is 2. The molecule has 1 heterocycles. The molecule has 3 aromatic rings. The van der Waals surface area contributed by atoms with E-state index in [4.69, 9.17) is 5.73 Å². The number of anilines is 1. The van der Waals surface area contributed by atoms with Gasteiger partial charge in [-0.15, -0.1) is 0 Å². The Morgan fingerprint density at radius 3 is 2.39 bits per heavy atom. The number of aromatic nitrogens is 2. The van der Waals surface area contributed by atoms with E-state index in [1.807, 2.05) is 37.3 Å². The van der Waals surface area contributed by atoms with E-state index in [-0.39, 0.29) is 5.82 Å². The molecular formula is C18H17FN4. The van der Waals surface area contributed by atoms with E-state index < -0.39 is 0 Å². The molecule has 0 bridgehead atoms. The lowest BCUT2D eigenvalue weighted by molar-refractivity contribution is 0.619. The number of halogens is 1. The maximum absolute atomic E-state index is 13.7. The number of nitrogen functional groups attached to an aromatic ring is 1. The Morgan fingerprint density at radius 2 is 1.78 bits per heavy atom. The molecule has 0 atom stereocenters. The number of hydrogen-bond donors (Lipinski definition) is 1. The molecule has 0 saturated carbocycles. The molecule has 0 aliphatic rings. The van der Waals surface area contributed by atoms with E-state index in [1.165, 1.54) is 4.68 Å². The predicted molar refractivity (Wildman–Crippen MR) is 90.9 cm³/mol. The van der Waals surface area contributed by atoms with E-state index in [2.05, 4.69) is 10.1 Å². The van der Waals surface area contributed by atoms with Gasteiger partial charge in [0.2, 0.25) is 5.95 Å². The molecule has 2 aromatic carbocycles. The van der Waals surface area contributed by atoms with Crippen LogP contribution >= 0.6 is 0 Å². The van der Waals surface area contributed by atoms with E-state index in [1.54, 1.807) is 31.5 Å². The summed E-state index contributed by atoms with van der Waals surface area (Å²) in [7, 11) is 0. The summed E-state index contributed by atoms with van der Waals surface area (Å²) in [4.78, 5) is 4.08. The largest absolute Gasteiger partial charge is 0.368 e. The summed E-state index contributed by atoms with van der Waals surface area (Å²) in [5.74, 6) is 0.157. The van der Waals surface area contributed by atoms with Crippen LogP contribution in [0.5, 0.6) is 0 Å². The second-order valence-electron chi connectivity index (χ2n) is 5.42. The van der Waals surface area contributed by atoms with Gasteiger partial charge in [-0.2, -0.15) is 5.10 Å². The third kappa shape index (κ3) is 3.29. The zero-order valence-electron chi connectivity index (χ0n) is 13.0. The minimum Gasteiger partial charge on any atom is -0.368 e. The molecule has 0 radical (unpaired) electrons. The number of hydrogen-bond acceptors (Lipinski definition) is 3. The van der Waals surface area contributed by atoms with Gasteiger partial charge in [-0.05, 0) is 42.2 Å². The highest BCUT2D eigenvalue weighted by atomic mass is 19.1. The first kappa shape index (κ1) is 15.0. The monoisotopic (exact) mass is 308 g/mol. The summed E-state index contributed by atoms with van der Waals surface area (Å²) in [6.45, 7) is 3.61. The third-order valence-corrected chi connectivity index (χ3v) is 3.58. The molecule has 23 heavy (non-hydrogen) atoms. The summed E-state index contributed by atoms with van der Waals surface area (Å²) in [5.41, 5.74) is 9.93. The Hall–Kier alpha value is -2.95. The average Bonchev–Trinajstić information content (AvgIpc) is 2.86. The van der Waals surface area contributed by atoms with Crippen LogP contribution in [0.3, 0.4) is 0 Å². The number of nitrogens with zero attached hydrogens (tertiary/aromatic N) is 3. The van der Waals surface area contributed by atoms with Crippen molar-refractivity contribution in [3.05, 3.63) is 71.3 Å². The summed E-state index contributed by atoms with van der Waals surface area (Å²) in [6.07, 6.45) is 3.46. The first-order valence-electron chi connectivity index (χ1n) is 7.25. The lowest BCUT2D eigenvalue weighted by Gasteiger charge is -2.04. The summed E-state index contributed by atoms with van der Waals surface area (Å²) < 4.78 is 15.2. The minimum absolute atomic E-state index is 0.195. The first-order valence-corrected chi connectivity index (χ1v) is 7.25. The summed E-state index contributed by atoms with van der Waals surface area (Å²) in [6, 6.07) is 13.0. The van der Waals surface area contributed by atoms with E-state index in [0.717, 1.165) is 22.4 Å². The SMILES string of the molecule is Cc1cn(N=Cc2ccc(-c3ccc(C)c(F)c3)cc2)c(N)n1. The van der Waals surface area contributed by atoms with Gasteiger partial charge in [0.25, 0.3) is 0 Å². The van der Waals surface area contributed by atoms with Gasteiger partial charge < -0.3 is 5.73 Å². The molecule has 4 nitrogen and oxygen atoms in total. The van der Waals surface area contributed by atoms with Gasteiger partial charge in [-0.1, -0.05) is 36.4 Å². The number of nitrogens with two attached hydrogens (primary N) is 1.